The van der Waals surface area contributed by atoms with Gasteiger partial charge in [0, 0.05) is 12.0 Å². The molecule has 1 aliphatic rings. The summed E-state index contributed by atoms with van der Waals surface area (Å²) in [6.45, 7) is 0.917. The maximum absolute atomic E-state index is 8.95. The largest absolute Gasteiger partial charge is 0.497 e. The third kappa shape index (κ3) is 2.34. The molecule has 0 aromatic heterocycles. The van der Waals surface area contributed by atoms with Crippen LogP contribution >= 0.6 is 0 Å². The highest BCUT2D eigenvalue weighted by Gasteiger charge is 2.22. The van der Waals surface area contributed by atoms with Crippen molar-refractivity contribution in [3.8, 4) is 11.8 Å². The van der Waals surface area contributed by atoms with Crippen molar-refractivity contribution in [2.45, 2.75) is 18.9 Å². The first-order valence-electron chi connectivity index (χ1n) is 5.60. The molecule has 0 saturated carbocycles. The smallest absolute Gasteiger partial charge is 0.119 e. The lowest BCUT2D eigenvalue weighted by Crippen LogP contribution is -2.31. The lowest BCUT2D eigenvalue weighted by atomic mass is 9.90. The van der Waals surface area contributed by atoms with Crippen molar-refractivity contribution in [2.75, 3.05) is 13.7 Å². The molecule has 0 amide bonds. The van der Waals surface area contributed by atoms with E-state index in [1.807, 2.05) is 18.2 Å². The van der Waals surface area contributed by atoms with Crippen LogP contribution in [0.25, 0.3) is 0 Å². The zero-order chi connectivity index (χ0) is 11.4. The summed E-state index contributed by atoms with van der Waals surface area (Å²) in [5.41, 5.74) is 1.21. The Bertz CT molecular complexity index is 397. The first-order chi connectivity index (χ1) is 7.83. The van der Waals surface area contributed by atoms with E-state index in [4.69, 9.17) is 10.00 Å². The van der Waals surface area contributed by atoms with Crippen molar-refractivity contribution >= 4 is 0 Å². The molecule has 0 spiro atoms. The van der Waals surface area contributed by atoms with Crippen LogP contribution in [-0.4, -0.2) is 13.7 Å². The number of benzene rings is 1. The van der Waals surface area contributed by atoms with Gasteiger partial charge in [-0.1, -0.05) is 12.1 Å². The van der Waals surface area contributed by atoms with Gasteiger partial charge in [-0.15, -0.1) is 0 Å². The summed E-state index contributed by atoms with van der Waals surface area (Å²) in [5, 5.41) is 12.4. The first-order valence-corrected chi connectivity index (χ1v) is 5.60. The predicted molar refractivity (Wildman–Crippen MR) is 62.1 cm³/mol. The minimum atomic E-state index is 0.178. The third-order valence-corrected chi connectivity index (χ3v) is 3.08. The monoisotopic (exact) mass is 216 g/mol. The topological polar surface area (TPSA) is 45.0 Å². The first kappa shape index (κ1) is 11.0. The van der Waals surface area contributed by atoms with Crippen LogP contribution in [-0.2, 0) is 0 Å². The minimum Gasteiger partial charge on any atom is -0.497 e. The van der Waals surface area contributed by atoms with Gasteiger partial charge in [0.25, 0.3) is 0 Å². The van der Waals surface area contributed by atoms with Gasteiger partial charge < -0.3 is 10.1 Å². The van der Waals surface area contributed by atoms with Gasteiger partial charge in [-0.05, 0) is 37.1 Å². The lowest BCUT2D eigenvalue weighted by molar-refractivity contribution is 0.354. The second-order valence-corrected chi connectivity index (χ2v) is 4.13. The van der Waals surface area contributed by atoms with Crippen LogP contribution in [0.1, 0.15) is 24.4 Å². The molecule has 1 N–H and O–H groups in total. The molecule has 0 aliphatic carbocycles. The van der Waals surface area contributed by atoms with Crippen molar-refractivity contribution in [3.63, 3.8) is 0 Å². The van der Waals surface area contributed by atoms with Crippen LogP contribution < -0.4 is 10.1 Å². The van der Waals surface area contributed by atoms with Crippen molar-refractivity contribution in [2.24, 2.45) is 5.92 Å². The molecule has 1 aromatic rings. The van der Waals surface area contributed by atoms with Crippen LogP contribution in [0.4, 0.5) is 0 Å². The highest BCUT2D eigenvalue weighted by atomic mass is 16.5. The van der Waals surface area contributed by atoms with E-state index in [1.165, 1.54) is 5.56 Å². The quantitative estimate of drug-likeness (QED) is 0.824. The molecule has 1 aliphatic heterocycles. The van der Waals surface area contributed by atoms with Crippen molar-refractivity contribution < 1.29 is 4.74 Å². The average molecular weight is 216 g/mol. The number of hydrogen-bond acceptors (Lipinski definition) is 3. The fourth-order valence-corrected chi connectivity index (χ4v) is 2.15. The summed E-state index contributed by atoms with van der Waals surface area (Å²) in [7, 11) is 1.67. The van der Waals surface area contributed by atoms with E-state index >= 15 is 0 Å². The molecule has 1 fully saturated rings. The molecule has 2 rings (SSSR count). The van der Waals surface area contributed by atoms with E-state index in [0.717, 1.165) is 25.1 Å². The normalized spacial score (nSPS) is 24.8. The van der Waals surface area contributed by atoms with Crippen LogP contribution in [0, 0.1) is 17.2 Å². The van der Waals surface area contributed by atoms with Gasteiger partial charge in [0.2, 0.25) is 0 Å². The molecule has 16 heavy (non-hydrogen) atoms. The molecule has 2 unspecified atom stereocenters. The van der Waals surface area contributed by atoms with Gasteiger partial charge >= 0.3 is 0 Å². The van der Waals surface area contributed by atoms with E-state index in [1.54, 1.807) is 7.11 Å². The highest BCUT2D eigenvalue weighted by Crippen LogP contribution is 2.28. The third-order valence-electron chi connectivity index (χ3n) is 3.08. The molecular formula is C13H16N2O. The summed E-state index contributed by atoms with van der Waals surface area (Å²) in [4.78, 5) is 0. The molecular weight excluding hydrogens is 200 g/mol. The summed E-state index contributed by atoms with van der Waals surface area (Å²) < 4.78 is 5.21. The maximum Gasteiger partial charge on any atom is 0.119 e. The van der Waals surface area contributed by atoms with E-state index in [0.29, 0.717) is 0 Å². The lowest BCUT2D eigenvalue weighted by Gasteiger charge is -2.27. The number of nitriles is 1. The van der Waals surface area contributed by atoms with Crippen molar-refractivity contribution in [3.05, 3.63) is 29.8 Å². The second-order valence-electron chi connectivity index (χ2n) is 4.13. The van der Waals surface area contributed by atoms with Crippen molar-refractivity contribution in [1.29, 1.82) is 5.26 Å². The Balaban J connectivity index is 2.14. The Hall–Kier alpha value is -1.53. The zero-order valence-electron chi connectivity index (χ0n) is 9.44. The molecule has 2 atom stereocenters. The maximum atomic E-state index is 8.95. The van der Waals surface area contributed by atoms with Gasteiger partial charge in [0.05, 0.1) is 13.2 Å². The van der Waals surface area contributed by atoms with Crippen LogP contribution in [0.3, 0.4) is 0 Å². The Morgan fingerprint density at radius 3 is 3.12 bits per heavy atom. The highest BCUT2D eigenvalue weighted by molar-refractivity contribution is 5.31. The Morgan fingerprint density at radius 1 is 1.50 bits per heavy atom. The molecule has 1 saturated heterocycles. The fourth-order valence-electron chi connectivity index (χ4n) is 2.15. The molecule has 3 heteroatoms. The molecule has 1 heterocycles. The molecule has 1 aromatic carbocycles. The number of rotatable bonds is 2. The summed E-state index contributed by atoms with van der Waals surface area (Å²) in [6, 6.07) is 10.7. The van der Waals surface area contributed by atoms with E-state index in [-0.39, 0.29) is 12.0 Å². The second kappa shape index (κ2) is 5.00. The van der Waals surface area contributed by atoms with Gasteiger partial charge in [0.15, 0.2) is 0 Å². The predicted octanol–water partition coefficient (Wildman–Crippen LogP) is 2.26. The van der Waals surface area contributed by atoms with Crippen LogP contribution in [0.15, 0.2) is 24.3 Å². The van der Waals surface area contributed by atoms with Gasteiger partial charge in [-0.2, -0.15) is 5.26 Å². The summed E-state index contributed by atoms with van der Waals surface area (Å²) in [5.74, 6) is 1.05. The molecule has 0 bridgehead atoms. The number of ether oxygens (including phenoxy) is 1. The molecule has 3 nitrogen and oxygen atoms in total. The van der Waals surface area contributed by atoms with Crippen LogP contribution in [0.5, 0.6) is 5.75 Å². The number of piperidine rings is 1. The Morgan fingerprint density at radius 2 is 2.38 bits per heavy atom. The Labute approximate surface area is 96.0 Å². The number of nitrogens with one attached hydrogen (secondary N) is 1. The van der Waals surface area contributed by atoms with E-state index < -0.39 is 0 Å². The van der Waals surface area contributed by atoms with E-state index in [2.05, 4.69) is 17.5 Å². The zero-order valence-corrected chi connectivity index (χ0v) is 9.44. The molecule has 84 valence electrons. The van der Waals surface area contributed by atoms with Gasteiger partial charge in [-0.3, -0.25) is 0 Å². The Kier molecular flexibility index (Phi) is 3.43. The summed E-state index contributed by atoms with van der Waals surface area (Å²) in [6.07, 6.45) is 1.85. The number of methoxy groups -OCH3 is 1. The molecule has 0 radical (unpaired) electrons. The number of hydrogen-bond donors (Lipinski definition) is 1. The number of nitrogens with zero attached hydrogens (tertiary/aromatic N) is 1. The minimum absolute atomic E-state index is 0.178. The summed E-state index contributed by atoms with van der Waals surface area (Å²) >= 11 is 0. The fraction of sp³-hybridized carbons (Fsp3) is 0.462. The average Bonchev–Trinajstić information content (AvgIpc) is 2.39. The van der Waals surface area contributed by atoms with E-state index in [9.17, 15) is 0 Å². The van der Waals surface area contributed by atoms with Gasteiger partial charge in [0.1, 0.15) is 5.75 Å². The van der Waals surface area contributed by atoms with Crippen LogP contribution in [0.2, 0.25) is 0 Å². The standard InChI is InChI=1S/C13H16N2O/c1-16-12-4-2-3-11(8-12)13-7-10(9-14)5-6-15-13/h2-4,8,10,13,15H,5-7H2,1H3. The SMILES string of the molecule is COc1cccc(C2CC(C#N)CCN2)c1. The van der Waals surface area contributed by atoms with Gasteiger partial charge in [-0.25, -0.2) is 0 Å². The van der Waals surface area contributed by atoms with Crippen molar-refractivity contribution in [1.82, 2.24) is 5.32 Å².